The second-order valence-electron chi connectivity index (χ2n) is 8.25. The molecule has 0 radical (unpaired) electrons. The van der Waals surface area contributed by atoms with E-state index in [-0.39, 0.29) is 35.2 Å². The number of anilines is 1. The van der Waals surface area contributed by atoms with Crippen molar-refractivity contribution in [1.29, 1.82) is 0 Å². The molecular formula is C23H32N2O3S. The second kappa shape index (κ2) is 9.44. The maximum Gasteiger partial charge on any atom is 0.264 e. The van der Waals surface area contributed by atoms with Crippen molar-refractivity contribution in [2.24, 2.45) is 11.8 Å². The fraction of sp³-hybridized carbons (Fsp3) is 0.435. The zero-order valence-corrected chi connectivity index (χ0v) is 19.0. The van der Waals surface area contributed by atoms with Gasteiger partial charge in [0.25, 0.3) is 10.0 Å². The third-order valence-corrected chi connectivity index (χ3v) is 6.67. The highest BCUT2D eigenvalue weighted by molar-refractivity contribution is 7.92. The molecule has 0 atom stereocenters. The van der Waals surface area contributed by atoms with Gasteiger partial charge in [0.15, 0.2) is 0 Å². The Morgan fingerprint density at radius 2 is 1.45 bits per heavy atom. The van der Waals surface area contributed by atoms with Gasteiger partial charge in [-0.2, -0.15) is 0 Å². The maximum absolute atomic E-state index is 13.4. The van der Waals surface area contributed by atoms with Gasteiger partial charge in [0, 0.05) is 6.04 Å². The zero-order chi connectivity index (χ0) is 21.8. The average molecular weight is 417 g/mol. The van der Waals surface area contributed by atoms with Crippen LogP contribution >= 0.6 is 0 Å². The normalized spacial score (nSPS) is 11.9. The van der Waals surface area contributed by atoms with Crippen LogP contribution in [0.25, 0.3) is 0 Å². The summed E-state index contributed by atoms with van der Waals surface area (Å²) >= 11 is 0. The molecule has 2 aromatic rings. The van der Waals surface area contributed by atoms with E-state index in [1.165, 1.54) is 4.31 Å². The van der Waals surface area contributed by atoms with Gasteiger partial charge in [0.2, 0.25) is 5.91 Å². The van der Waals surface area contributed by atoms with Crippen LogP contribution in [0.3, 0.4) is 0 Å². The van der Waals surface area contributed by atoms with E-state index in [2.05, 4.69) is 5.32 Å². The Balaban J connectivity index is 2.44. The van der Waals surface area contributed by atoms with Gasteiger partial charge in [-0.25, -0.2) is 8.42 Å². The minimum atomic E-state index is -3.89. The summed E-state index contributed by atoms with van der Waals surface area (Å²) in [4.78, 5) is 13.0. The largest absolute Gasteiger partial charge is 0.351 e. The number of hydrogen-bond donors (Lipinski definition) is 1. The molecule has 0 spiro atoms. The molecule has 2 rings (SSSR count). The fourth-order valence-electron chi connectivity index (χ4n) is 3.59. The van der Waals surface area contributed by atoms with Gasteiger partial charge in [0.05, 0.1) is 10.6 Å². The smallest absolute Gasteiger partial charge is 0.264 e. The Bertz CT molecular complexity index is 910. The van der Waals surface area contributed by atoms with Gasteiger partial charge in [-0.1, -0.05) is 52.0 Å². The molecule has 5 nitrogen and oxygen atoms in total. The van der Waals surface area contributed by atoms with E-state index in [1.54, 1.807) is 42.5 Å². The predicted molar refractivity (Wildman–Crippen MR) is 118 cm³/mol. The Hall–Kier alpha value is -2.34. The van der Waals surface area contributed by atoms with Crippen LogP contribution in [-0.2, 0) is 14.8 Å². The number of nitrogens with one attached hydrogen (secondary N) is 1. The SMILES string of the molecule is Cc1cc(C)cc(N(CC(=O)NC(C(C)C)C(C)C)S(=O)(=O)c2ccccc2)c1. The quantitative estimate of drug-likeness (QED) is 0.698. The van der Waals surface area contributed by atoms with Crippen LogP contribution in [0, 0.1) is 25.7 Å². The maximum atomic E-state index is 13.4. The molecule has 0 aromatic heterocycles. The Morgan fingerprint density at radius 3 is 1.93 bits per heavy atom. The first-order chi connectivity index (χ1) is 13.5. The summed E-state index contributed by atoms with van der Waals surface area (Å²) in [5.74, 6) is 0.190. The van der Waals surface area contributed by atoms with E-state index in [0.717, 1.165) is 11.1 Å². The molecule has 1 amide bonds. The fourth-order valence-corrected chi connectivity index (χ4v) is 5.02. The van der Waals surface area contributed by atoms with Crippen molar-refractivity contribution in [3.05, 3.63) is 59.7 Å². The number of nitrogens with zero attached hydrogens (tertiary/aromatic N) is 1. The Morgan fingerprint density at radius 1 is 0.931 bits per heavy atom. The minimum Gasteiger partial charge on any atom is -0.351 e. The van der Waals surface area contributed by atoms with Gasteiger partial charge in [-0.05, 0) is 61.1 Å². The highest BCUT2D eigenvalue weighted by atomic mass is 32.2. The van der Waals surface area contributed by atoms with Crippen molar-refractivity contribution in [1.82, 2.24) is 5.32 Å². The molecule has 0 bridgehead atoms. The lowest BCUT2D eigenvalue weighted by Crippen LogP contribution is -2.47. The van der Waals surface area contributed by atoms with E-state index in [9.17, 15) is 13.2 Å². The highest BCUT2D eigenvalue weighted by Gasteiger charge is 2.29. The molecule has 0 aliphatic rings. The van der Waals surface area contributed by atoms with E-state index in [4.69, 9.17) is 0 Å². The Labute approximate surface area is 175 Å². The van der Waals surface area contributed by atoms with Crippen molar-refractivity contribution < 1.29 is 13.2 Å². The Kier molecular flexibility index (Phi) is 7.47. The van der Waals surface area contributed by atoms with Crippen LogP contribution in [0.4, 0.5) is 5.69 Å². The van der Waals surface area contributed by atoms with Gasteiger partial charge >= 0.3 is 0 Å². The van der Waals surface area contributed by atoms with Crippen LogP contribution in [0.1, 0.15) is 38.8 Å². The van der Waals surface area contributed by atoms with E-state index in [0.29, 0.717) is 5.69 Å². The van der Waals surface area contributed by atoms with Crippen LogP contribution in [0.5, 0.6) is 0 Å². The summed E-state index contributed by atoms with van der Waals surface area (Å²) in [6.07, 6.45) is 0. The third kappa shape index (κ3) is 5.82. The van der Waals surface area contributed by atoms with Gasteiger partial charge in [-0.15, -0.1) is 0 Å². The summed E-state index contributed by atoms with van der Waals surface area (Å²) < 4.78 is 28.0. The van der Waals surface area contributed by atoms with Crippen molar-refractivity contribution in [3.8, 4) is 0 Å². The molecule has 2 aromatic carbocycles. The van der Waals surface area contributed by atoms with Gasteiger partial charge in [0.1, 0.15) is 6.54 Å². The van der Waals surface area contributed by atoms with Crippen LogP contribution in [0.2, 0.25) is 0 Å². The molecule has 0 aliphatic heterocycles. The van der Waals surface area contributed by atoms with Gasteiger partial charge in [-0.3, -0.25) is 9.10 Å². The first-order valence-electron chi connectivity index (χ1n) is 9.98. The molecule has 0 saturated carbocycles. The van der Waals surface area contributed by atoms with E-state index >= 15 is 0 Å². The standard InChI is InChI=1S/C23H32N2O3S/c1-16(2)23(17(3)4)24-22(26)15-25(20-13-18(5)12-19(6)14-20)29(27,28)21-10-8-7-9-11-21/h7-14,16-17,23H,15H2,1-6H3,(H,24,26). The molecule has 1 N–H and O–H groups in total. The second-order valence-corrected chi connectivity index (χ2v) is 10.1. The summed E-state index contributed by atoms with van der Waals surface area (Å²) in [5.41, 5.74) is 2.37. The van der Waals surface area contributed by atoms with Gasteiger partial charge < -0.3 is 5.32 Å². The lowest BCUT2D eigenvalue weighted by molar-refractivity contribution is -0.121. The lowest BCUT2D eigenvalue weighted by atomic mass is 9.93. The molecule has 0 unspecified atom stereocenters. The molecule has 0 aliphatic carbocycles. The van der Waals surface area contributed by atoms with Crippen molar-refractivity contribution >= 4 is 21.6 Å². The number of carbonyl (C=O) groups is 1. The van der Waals surface area contributed by atoms with E-state index < -0.39 is 10.0 Å². The predicted octanol–water partition coefficient (Wildman–Crippen LogP) is 4.30. The van der Waals surface area contributed by atoms with Crippen molar-refractivity contribution in [2.75, 3.05) is 10.8 Å². The molecule has 29 heavy (non-hydrogen) atoms. The molecule has 6 heteroatoms. The molecule has 0 saturated heterocycles. The first kappa shape index (κ1) is 22.9. The average Bonchev–Trinajstić information content (AvgIpc) is 2.63. The number of rotatable bonds is 8. The summed E-state index contributed by atoms with van der Waals surface area (Å²) in [6.45, 7) is 11.8. The van der Waals surface area contributed by atoms with Crippen LogP contribution < -0.4 is 9.62 Å². The zero-order valence-electron chi connectivity index (χ0n) is 18.1. The number of sulfonamides is 1. The summed E-state index contributed by atoms with van der Waals surface area (Å²) in [5, 5.41) is 3.02. The first-order valence-corrected chi connectivity index (χ1v) is 11.4. The topological polar surface area (TPSA) is 66.5 Å². The highest BCUT2D eigenvalue weighted by Crippen LogP contribution is 2.26. The molecule has 0 heterocycles. The summed E-state index contributed by atoms with van der Waals surface area (Å²) in [7, 11) is -3.89. The van der Waals surface area contributed by atoms with Crippen molar-refractivity contribution in [2.45, 2.75) is 52.5 Å². The number of aryl methyl sites for hydroxylation is 2. The molecule has 0 fully saturated rings. The lowest BCUT2D eigenvalue weighted by Gasteiger charge is -2.29. The molecule has 158 valence electrons. The van der Waals surface area contributed by atoms with Crippen molar-refractivity contribution in [3.63, 3.8) is 0 Å². The third-order valence-electron chi connectivity index (χ3n) is 4.88. The minimum absolute atomic E-state index is 0.0250. The number of benzene rings is 2. The number of hydrogen-bond acceptors (Lipinski definition) is 3. The van der Waals surface area contributed by atoms with Crippen LogP contribution in [-0.4, -0.2) is 26.9 Å². The van der Waals surface area contributed by atoms with Crippen LogP contribution in [0.15, 0.2) is 53.4 Å². The number of amides is 1. The summed E-state index contributed by atoms with van der Waals surface area (Å²) in [6, 6.07) is 13.8. The monoisotopic (exact) mass is 416 g/mol. The number of carbonyl (C=O) groups excluding carboxylic acids is 1. The van der Waals surface area contributed by atoms with E-state index in [1.807, 2.05) is 47.6 Å². The molecular weight excluding hydrogens is 384 g/mol.